The predicted octanol–water partition coefficient (Wildman–Crippen LogP) is 3.56. The van der Waals surface area contributed by atoms with Crippen LogP contribution in [-0.4, -0.2) is 4.86 Å². The van der Waals surface area contributed by atoms with E-state index < -0.39 is 0 Å². The average molecular weight is 188 g/mol. The molecule has 3 heteroatoms. The van der Waals surface area contributed by atoms with E-state index in [-0.39, 0.29) is 0 Å². The summed E-state index contributed by atoms with van der Waals surface area (Å²) in [5.74, 6) is 0. The zero-order valence-corrected chi connectivity index (χ0v) is 8.33. The Morgan fingerprint density at radius 2 is 1.50 bits per heavy atom. The van der Waals surface area contributed by atoms with Gasteiger partial charge < -0.3 is 0 Å². The zero-order chi connectivity index (χ0) is 7.56. The van der Waals surface area contributed by atoms with E-state index in [0.717, 1.165) is 4.86 Å². The van der Waals surface area contributed by atoms with Crippen molar-refractivity contribution in [1.29, 1.82) is 0 Å². The lowest BCUT2D eigenvalue weighted by Gasteiger charge is -1.93. The highest BCUT2D eigenvalue weighted by Crippen LogP contribution is 2.37. The molecule has 0 saturated heterocycles. The van der Waals surface area contributed by atoms with Crippen LogP contribution in [0.3, 0.4) is 0 Å². The molecule has 0 fully saturated rings. The molecule has 1 aliphatic heterocycles. The third-order valence-electron chi connectivity index (χ3n) is 0.996. The first kappa shape index (κ1) is 8.37. The van der Waals surface area contributed by atoms with Crippen molar-refractivity contribution in [3.05, 3.63) is 22.0 Å². The summed E-state index contributed by atoms with van der Waals surface area (Å²) in [4.78, 5) is 3.50. The van der Waals surface area contributed by atoms with Crippen molar-refractivity contribution in [2.45, 2.75) is 13.8 Å². The van der Waals surface area contributed by atoms with Crippen LogP contribution in [0.5, 0.6) is 0 Å². The number of allylic oxidation sites excluding steroid dienone is 4. The molecule has 0 atom stereocenters. The zero-order valence-electron chi connectivity index (χ0n) is 5.88. The summed E-state index contributed by atoms with van der Waals surface area (Å²) in [6.45, 7) is 4.16. The van der Waals surface area contributed by atoms with Crippen molar-refractivity contribution in [2.24, 2.45) is 0 Å². The molecule has 0 spiro atoms. The second-order valence-electron chi connectivity index (χ2n) is 2.08. The van der Waals surface area contributed by atoms with Crippen LogP contribution in [0.1, 0.15) is 13.8 Å². The van der Waals surface area contributed by atoms with Gasteiger partial charge in [-0.25, -0.2) is 0 Å². The van der Waals surface area contributed by atoms with Crippen LogP contribution in [0.2, 0.25) is 0 Å². The summed E-state index contributed by atoms with van der Waals surface area (Å²) in [7, 11) is 3.55. The monoisotopic (exact) mass is 188 g/mol. The number of rotatable bonds is 0. The lowest BCUT2D eigenvalue weighted by atomic mass is 10.3. The lowest BCUT2D eigenvalue weighted by molar-refractivity contribution is 1.70. The van der Waals surface area contributed by atoms with Crippen molar-refractivity contribution >= 4 is 38.7 Å². The van der Waals surface area contributed by atoms with E-state index in [4.69, 9.17) is 12.2 Å². The summed E-state index contributed by atoms with van der Waals surface area (Å²) < 4.78 is 0. The van der Waals surface area contributed by atoms with Crippen LogP contribution in [0.15, 0.2) is 22.0 Å². The Balaban J connectivity index is 2.80. The highest BCUT2D eigenvalue weighted by atomic mass is 33.1. The van der Waals surface area contributed by atoms with Crippen molar-refractivity contribution in [1.82, 2.24) is 0 Å². The van der Waals surface area contributed by atoms with Crippen LogP contribution in [0, 0.1) is 0 Å². The molecule has 0 aromatic carbocycles. The smallest absolute Gasteiger partial charge is 0.0393 e. The summed E-state index contributed by atoms with van der Waals surface area (Å²) >= 11 is 5.07. The Morgan fingerprint density at radius 3 is 1.90 bits per heavy atom. The van der Waals surface area contributed by atoms with Crippen LogP contribution < -0.4 is 0 Å². The first-order chi connectivity index (χ1) is 4.68. The van der Waals surface area contributed by atoms with Gasteiger partial charge in [-0.1, -0.05) is 33.8 Å². The second kappa shape index (κ2) is 3.60. The first-order valence-electron chi connectivity index (χ1n) is 2.93. The molecule has 0 aromatic heterocycles. The maximum Gasteiger partial charge on any atom is 0.0393 e. The fourth-order valence-electron chi connectivity index (χ4n) is 0.622. The van der Waals surface area contributed by atoms with Crippen molar-refractivity contribution in [3.63, 3.8) is 0 Å². The normalized spacial score (nSPS) is 19.6. The molecule has 0 unspecified atom stereocenters. The predicted molar refractivity (Wildman–Crippen MR) is 55.3 cm³/mol. The molecule has 0 amide bonds. The van der Waals surface area contributed by atoms with E-state index in [9.17, 15) is 0 Å². The molecule has 1 heterocycles. The van der Waals surface area contributed by atoms with E-state index in [1.165, 1.54) is 9.81 Å². The van der Waals surface area contributed by atoms with E-state index in [0.29, 0.717) is 0 Å². The molecule has 1 aliphatic rings. The lowest BCUT2D eigenvalue weighted by Crippen LogP contribution is -1.80. The molecular weight excluding hydrogens is 180 g/mol. The third-order valence-corrected chi connectivity index (χ3v) is 3.90. The van der Waals surface area contributed by atoms with Gasteiger partial charge in [-0.2, -0.15) is 0 Å². The van der Waals surface area contributed by atoms with E-state index in [1.54, 1.807) is 21.6 Å². The Bertz CT molecular complexity index is 191. The average Bonchev–Trinajstić information content (AvgIpc) is 1.93. The molecule has 0 nitrogen and oxygen atoms in total. The van der Waals surface area contributed by atoms with Gasteiger partial charge in [0.2, 0.25) is 0 Å². The fourth-order valence-corrected chi connectivity index (χ4v) is 2.82. The van der Waals surface area contributed by atoms with Crippen LogP contribution in [0.25, 0.3) is 0 Å². The summed E-state index contributed by atoms with van der Waals surface area (Å²) in [5.41, 5.74) is 0. The molecule has 54 valence electrons. The van der Waals surface area contributed by atoms with Gasteiger partial charge in [-0.05, 0) is 35.8 Å². The molecule has 0 N–H and O–H groups in total. The third kappa shape index (κ3) is 2.48. The molecule has 0 aliphatic carbocycles. The maximum atomic E-state index is 5.07. The summed E-state index contributed by atoms with van der Waals surface area (Å²) in [6.07, 6.45) is 4.06. The molecule has 10 heavy (non-hydrogen) atoms. The van der Waals surface area contributed by atoms with E-state index in [1.807, 2.05) is 12.2 Å². The van der Waals surface area contributed by atoms with Crippen molar-refractivity contribution < 1.29 is 0 Å². The highest BCUT2D eigenvalue weighted by molar-refractivity contribution is 8.79. The van der Waals surface area contributed by atoms with Gasteiger partial charge in [0.25, 0.3) is 0 Å². The van der Waals surface area contributed by atoms with Crippen molar-refractivity contribution in [3.8, 4) is 0 Å². The van der Waals surface area contributed by atoms with Gasteiger partial charge in [-0.15, -0.1) is 0 Å². The Labute approximate surface area is 74.5 Å². The minimum atomic E-state index is 0.938. The molecule has 0 radical (unpaired) electrons. The van der Waals surface area contributed by atoms with Crippen LogP contribution in [0.4, 0.5) is 0 Å². The van der Waals surface area contributed by atoms with Gasteiger partial charge in [0.1, 0.15) is 0 Å². The van der Waals surface area contributed by atoms with E-state index >= 15 is 0 Å². The Hall–Kier alpha value is 0.270. The van der Waals surface area contributed by atoms with Crippen LogP contribution in [-0.2, 0) is 0 Å². The molecule has 0 bridgehead atoms. The SMILES string of the molecule is CC1=CC(=S)C=C(C)SS1. The van der Waals surface area contributed by atoms with E-state index in [2.05, 4.69) is 13.8 Å². The minimum Gasteiger partial charge on any atom is -0.0801 e. The minimum absolute atomic E-state index is 0.938. The Kier molecular flexibility index (Phi) is 3.01. The van der Waals surface area contributed by atoms with Crippen molar-refractivity contribution in [2.75, 3.05) is 0 Å². The number of hydrogen-bond donors (Lipinski definition) is 0. The van der Waals surface area contributed by atoms with Gasteiger partial charge in [0.15, 0.2) is 0 Å². The molecule has 1 rings (SSSR count). The summed E-state index contributed by atoms with van der Waals surface area (Å²) in [6, 6.07) is 0. The first-order valence-corrected chi connectivity index (χ1v) is 5.49. The Morgan fingerprint density at radius 1 is 1.10 bits per heavy atom. The quantitative estimate of drug-likeness (QED) is 0.421. The standard InChI is InChI=1S/C7H8S3/c1-5-3-7(8)4-6(2)10-9-5/h3-4H,1-2H3. The van der Waals surface area contributed by atoms with Gasteiger partial charge in [0, 0.05) is 4.86 Å². The maximum absolute atomic E-state index is 5.07. The molecule has 0 aromatic rings. The molecule has 0 saturated carbocycles. The van der Waals surface area contributed by atoms with Crippen LogP contribution >= 0.6 is 33.8 Å². The van der Waals surface area contributed by atoms with Gasteiger partial charge >= 0.3 is 0 Å². The van der Waals surface area contributed by atoms with Gasteiger partial charge in [0.05, 0.1) is 0 Å². The highest BCUT2D eigenvalue weighted by Gasteiger charge is 2.01. The summed E-state index contributed by atoms with van der Waals surface area (Å²) in [5, 5.41) is 0. The molecular formula is C7H8S3. The number of thiocarbonyl (C=S) groups is 1. The second-order valence-corrected chi connectivity index (χ2v) is 5.17. The fraction of sp³-hybridized carbons (Fsp3) is 0.286. The number of hydrogen-bond acceptors (Lipinski definition) is 3. The topological polar surface area (TPSA) is 0 Å². The largest absolute Gasteiger partial charge is 0.0801 e. The van der Waals surface area contributed by atoms with Gasteiger partial charge in [-0.3, -0.25) is 0 Å².